The number of rotatable bonds is 3. The highest BCUT2D eigenvalue weighted by Crippen LogP contribution is 2.14. The van der Waals surface area contributed by atoms with E-state index in [1.165, 1.54) is 6.20 Å². The SMILES string of the molecule is CC(C)[C@H](C)Nc1nc(N)ncc1C#N. The van der Waals surface area contributed by atoms with E-state index in [9.17, 15) is 0 Å². The maximum absolute atomic E-state index is 8.85. The summed E-state index contributed by atoms with van der Waals surface area (Å²) in [4.78, 5) is 7.77. The minimum atomic E-state index is 0.174. The maximum Gasteiger partial charge on any atom is 0.222 e. The molecule has 1 rings (SSSR count). The Labute approximate surface area is 89.3 Å². The van der Waals surface area contributed by atoms with Crippen LogP contribution >= 0.6 is 0 Å². The molecule has 0 aliphatic heterocycles. The Bertz CT molecular complexity index is 380. The summed E-state index contributed by atoms with van der Waals surface area (Å²) >= 11 is 0. The number of nitrogens with two attached hydrogens (primary N) is 1. The molecule has 0 aliphatic carbocycles. The smallest absolute Gasteiger partial charge is 0.222 e. The molecule has 1 aromatic heterocycles. The van der Waals surface area contributed by atoms with Crippen LogP contribution in [0.2, 0.25) is 0 Å². The van der Waals surface area contributed by atoms with Gasteiger partial charge in [-0.1, -0.05) is 13.8 Å². The van der Waals surface area contributed by atoms with Crippen molar-refractivity contribution in [3.05, 3.63) is 11.8 Å². The number of nitriles is 1. The van der Waals surface area contributed by atoms with Gasteiger partial charge in [0.1, 0.15) is 17.5 Å². The van der Waals surface area contributed by atoms with E-state index in [4.69, 9.17) is 11.0 Å². The molecule has 0 aromatic carbocycles. The van der Waals surface area contributed by atoms with Crippen molar-refractivity contribution in [1.29, 1.82) is 5.26 Å². The van der Waals surface area contributed by atoms with E-state index in [0.29, 0.717) is 17.3 Å². The van der Waals surface area contributed by atoms with Crippen LogP contribution in [-0.4, -0.2) is 16.0 Å². The predicted molar refractivity (Wildman–Crippen MR) is 59.1 cm³/mol. The quantitative estimate of drug-likeness (QED) is 0.778. The van der Waals surface area contributed by atoms with Gasteiger partial charge in [0.25, 0.3) is 0 Å². The normalized spacial score (nSPS) is 12.2. The molecule has 80 valence electrons. The summed E-state index contributed by atoms with van der Waals surface area (Å²) in [7, 11) is 0. The molecule has 0 bridgehead atoms. The highest BCUT2D eigenvalue weighted by molar-refractivity contribution is 5.53. The van der Waals surface area contributed by atoms with E-state index < -0.39 is 0 Å². The van der Waals surface area contributed by atoms with Crippen molar-refractivity contribution >= 4 is 11.8 Å². The first-order chi connectivity index (χ1) is 7.04. The van der Waals surface area contributed by atoms with Crippen molar-refractivity contribution < 1.29 is 0 Å². The van der Waals surface area contributed by atoms with Gasteiger partial charge in [-0.15, -0.1) is 0 Å². The van der Waals surface area contributed by atoms with Crippen LogP contribution in [0.5, 0.6) is 0 Å². The lowest BCUT2D eigenvalue weighted by Gasteiger charge is -2.18. The Hall–Kier alpha value is -1.83. The fourth-order valence-electron chi connectivity index (χ4n) is 0.970. The molecule has 0 spiro atoms. The van der Waals surface area contributed by atoms with E-state index in [1.54, 1.807) is 0 Å². The molecule has 0 fully saturated rings. The number of aromatic nitrogens is 2. The topological polar surface area (TPSA) is 87.6 Å². The Morgan fingerprint density at radius 3 is 2.67 bits per heavy atom. The molecule has 0 amide bonds. The van der Waals surface area contributed by atoms with Gasteiger partial charge in [0.2, 0.25) is 5.95 Å². The van der Waals surface area contributed by atoms with Gasteiger partial charge < -0.3 is 11.1 Å². The fourth-order valence-corrected chi connectivity index (χ4v) is 0.970. The van der Waals surface area contributed by atoms with Gasteiger partial charge in [-0.2, -0.15) is 10.2 Å². The molecule has 0 unspecified atom stereocenters. The molecule has 0 saturated heterocycles. The van der Waals surface area contributed by atoms with Gasteiger partial charge in [0, 0.05) is 6.04 Å². The Morgan fingerprint density at radius 1 is 1.47 bits per heavy atom. The molecular weight excluding hydrogens is 190 g/mol. The maximum atomic E-state index is 8.85. The summed E-state index contributed by atoms with van der Waals surface area (Å²) in [6.07, 6.45) is 1.43. The number of hydrogen-bond acceptors (Lipinski definition) is 5. The third-order valence-electron chi connectivity index (χ3n) is 2.29. The van der Waals surface area contributed by atoms with Gasteiger partial charge >= 0.3 is 0 Å². The van der Waals surface area contributed by atoms with Gasteiger partial charge in [-0.05, 0) is 12.8 Å². The zero-order chi connectivity index (χ0) is 11.4. The van der Waals surface area contributed by atoms with E-state index in [-0.39, 0.29) is 12.0 Å². The molecule has 0 aliphatic rings. The van der Waals surface area contributed by atoms with Crippen molar-refractivity contribution in [3.63, 3.8) is 0 Å². The highest BCUT2D eigenvalue weighted by Gasteiger charge is 2.11. The third kappa shape index (κ3) is 2.81. The van der Waals surface area contributed by atoms with Crippen LogP contribution in [0.15, 0.2) is 6.20 Å². The number of hydrogen-bond donors (Lipinski definition) is 2. The molecule has 5 nitrogen and oxygen atoms in total. The van der Waals surface area contributed by atoms with E-state index in [0.717, 1.165) is 0 Å². The van der Waals surface area contributed by atoms with Crippen molar-refractivity contribution in [1.82, 2.24) is 9.97 Å². The standard InChI is InChI=1S/C10H15N5/c1-6(2)7(3)14-9-8(4-11)5-13-10(12)15-9/h5-7H,1-3H3,(H3,12,13,14,15)/t7-/m0/s1. The number of anilines is 2. The Morgan fingerprint density at radius 2 is 2.13 bits per heavy atom. The Balaban J connectivity index is 2.93. The van der Waals surface area contributed by atoms with Crippen molar-refractivity contribution in [2.24, 2.45) is 5.92 Å². The minimum Gasteiger partial charge on any atom is -0.368 e. The van der Waals surface area contributed by atoms with Gasteiger partial charge in [0.15, 0.2) is 0 Å². The van der Waals surface area contributed by atoms with Crippen LogP contribution in [0.3, 0.4) is 0 Å². The zero-order valence-electron chi connectivity index (χ0n) is 9.15. The summed E-state index contributed by atoms with van der Waals surface area (Å²) in [6, 6.07) is 2.25. The van der Waals surface area contributed by atoms with Crippen LogP contribution < -0.4 is 11.1 Å². The first-order valence-electron chi connectivity index (χ1n) is 4.83. The van der Waals surface area contributed by atoms with E-state index >= 15 is 0 Å². The number of nitrogens with zero attached hydrogens (tertiary/aromatic N) is 3. The van der Waals surface area contributed by atoms with Gasteiger partial charge in [-0.3, -0.25) is 0 Å². The van der Waals surface area contributed by atoms with Crippen LogP contribution in [0.1, 0.15) is 26.3 Å². The summed E-state index contributed by atoms with van der Waals surface area (Å²) in [5, 5.41) is 12.0. The van der Waals surface area contributed by atoms with Crippen LogP contribution in [-0.2, 0) is 0 Å². The summed E-state index contributed by atoms with van der Waals surface area (Å²) in [5.74, 6) is 1.13. The molecular formula is C10H15N5. The number of nitrogen functional groups attached to an aromatic ring is 1. The molecule has 5 heteroatoms. The average Bonchev–Trinajstić information content (AvgIpc) is 2.18. The first-order valence-corrected chi connectivity index (χ1v) is 4.83. The lowest BCUT2D eigenvalue weighted by molar-refractivity contribution is 0.558. The minimum absolute atomic E-state index is 0.174. The van der Waals surface area contributed by atoms with Crippen LogP contribution in [0, 0.1) is 17.2 Å². The molecule has 15 heavy (non-hydrogen) atoms. The monoisotopic (exact) mass is 205 g/mol. The predicted octanol–water partition coefficient (Wildman–Crippen LogP) is 1.39. The third-order valence-corrected chi connectivity index (χ3v) is 2.29. The molecule has 3 N–H and O–H groups in total. The lowest BCUT2D eigenvalue weighted by atomic mass is 10.1. The molecule has 0 radical (unpaired) electrons. The van der Waals surface area contributed by atoms with Crippen molar-refractivity contribution in [2.45, 2.75) is 26.8 Å². The second kappa shape index (κ2) is 4.60. The summed E-state index contributed by atoms with van der Waals surface area (Å²) in [6.45, 7) is 6.21. The summed E-state index contributed by atoms with van der Waals surface area (Å²) in [5.41, 5.74) is 5.88. The molecule has 1 aromatic rings. The fraction of sp³-hybridized carbons (Fsp3) is 0.500. The highest BCUT2D eigenvalue weighted by atomic mass is 15.1. The van der Waals surface area contributed by atoms with Crippen molar-refractivity contribution in [2.75, 3.05) is 11.1 Å². The lowest BCUT2D eigenvalue weighted by Crippen LogP contribution is -2.23. The van der Waals surface area contributed by atoms with Crippen molar-refractivity contribution in [3.8, 4) is 6.07 Å². The summed E-state index contributed by atoms with van der Waals surface area (Å²) < 4.78 is 0. The van der Waals surface area contributed by atoms with Crippen LogP contribution in [0.4, 0.5) is 11.8 Å². The second-order valence-corrected chi connectivity index (χ2v) is 3.78. The largest absolute Gasteiger partial charge is 0.368 e. The molecule has 1 heterocycles. The van der Waals surface area contributed by atoms with Gasteiger partial charge in [0.05, 0.1) is 6.20 Å². The number of nitrogens with one attached hydrogen (secondary N) is 1. The molecule has 1 atom stereocenters. The second-order valence-electron chi connectivity index (χ2n) is 3.78. The Kier molecular flexibility index (Phi) is 3.45. The average molecular weight is 205 g/mol. The first kappa shape index (κ1) is 11.2. The van der Waals surface area contributed by atoms with E-state index in [2.05, 4.69) is 29.1 Å². The zero-order valence-corrected chi connectivity index (χ0v) is 9.15. The molecule has 0 saturated carbocycles. The van der Waals surface area contributed by atoms with Crippen LogP contribution in [0.25, 0.3) is 0 Å². The van der Waals surface area contributed by atoms with E-state index in [1.807, 2.05) is 13.0 Å². The van der Waals surface area contributed by atoms with Gasteiger partial charge in [-0.25, -0.2) is 4.98 Å².